The predicted molar refractivity (Wildman–Crippen MR) is 130 cm³/mol. The zero-order valence-electron chi connectivity index (χ0n) is 20.5. The molecule has 3 aliphatic heterocycles. The molecule has 3 aliphatic rings. The van der Waals surface area contributed by atoms with Gasteiger partial charge in [-0.15, -0.1) is 11.3 Å². The van der Waals surface area contributed by atoms with E-state index >= 15 is 4.39 Å². The topological polar surface area (TPSA) is 153 Å². The van der Waals surface area contributed by atoms with Crippen molar-refractivity contribution < 1.29 is 37.6 Å². The number of hydrogen-bond acceptors (Lipinski definition) is 11. The van der Waals surface area contributed by atoms with E-state index in [2.05, 4.69) is 20.8 Å². The maximum absolute atomic E-state index is 16.2. The van der Waals surface area contributed by atoms with Crippen LogP contribution in [0.5, 0.6) is 0 Å². The smallest absolute Gasteiger partial charge is 0.357 e. The Morgan fingerprint density at radius 2 is 2.03 bits per heavy atom. The number of carbonyl (C=O) groups is 4. The van der Waals surface area contributed by atoms with Crippen molar-refractivity contribution in [2.24, 2.45) is 5.41 Å². The van der Waals surface area contributed by atoms with Crippen molar-refractivity contribution >= 4 is 51.8 Å². The normalized spacial score (nSPS) is 24.2. The highest BCUT2D eigenvalue weighted by Gasteiger charge is 2.63. The second-order valence-electron chi connectivity index (χ2n) is 9.50. The third-order valence-electron chi connectivity index (χ3n) is 7.16. The fourth-order valence-electron chi connectivity index (χ4n) is 5.78. The van der Waals surface area contributed by atoms with Crippen molar-refractivity contribution in [3.63, 3.8) is 0 Å². The summed E-state index contributed by atoms with van der Waals surface area (Å²) in [7, 11) is 0. The van der Waals surface area contributed by atoms with Crippen LogP contribution in [0, 0.1) is 11.2 Å². The number of amides is 4. The molecule has 14 heteroatoms. The molecule has 0 saturated carbocycles. The molecular formula is C24H22FN5O7S. The van der Waals surface area contributed by atoms with Crippen LogP contribution in [-0.4, -0.2) is 65.4 Å². The second kappa shape index (κ2) is 8.56. The maximum Gasteiger partial charge on any atom is 0.357 e. The van der Waals surface area contributed by atoms with Crippen LogP contribution in [0.2, 0.25) is 0 Å². The first-order valence-corrected chi connectivity index (χ1v) is 12.9. The quantitative estimate of drug-likeness (QED) is 0.371. The summed E-state index contributed by atoms with van der Waals surface area (Å²) in [5.74, 6) is -2.85. The number of imide groups is 2. The summed E-state index contributed by atoms with van der Waals surface area (Å²) in [6, 6.07) is -0.185. The molecule has 0 radical (unpaired) electrons. The number of aromatic nitrogens is 2. The minimum atomic E-state index is -1.75. The van der Waals surface area contributed by atoms with Gasteiger partial charge in [0.15, 0.2) is 22.6 Å². The highest BCUT2D eigenvalue weighted by molar-refractivity contribution is 7.13. The van der Waals surface area contributed by atoms with Gasteiger partial charge in [-0.3, -0.25) is 20.2 Å². The van der Waals surface area contributed by atoms with Crippen molar-refractivity contribution in [2.75, 3.05) is 18.1 Å². The van der Waals surface area contributed by atoms with Gasteiger partial charge in [-0.1, -0.05) is 5.16 Å². The molecule has 0 unspecified atom stereocenters. The van der Waals surface area contributed by atoms with E-state index in [1.54, 1.807) is 24.8 Å². The lowest BCUT2D eigenvalue weighted by molar-refractivity contribution is -0.153. The number of rotatable bonds is 3. The summed E-state index contributed by atoms with van der Waals surface area (Å²) < 4.78 is 32.5. The molecule has 2 saturated heterocycles. The number of nitrogens with one attached hydrogen (secondary N) is 2. The number of hydrogen-bond donors (Lipinski definition) is 2. The minimum absolute atomic E-state index is 0.0831. The van der Waals surface area contributed by atoms with Crippen molar-refractivity contribution in [1.29, 1.82) is 0 Å². The number of barbiturate groups is 1. The number of anilines is 1. The molecule has 0 aliphatic carbocycles. The van der Waals surface area contributed by atoms with Crippen LogP contribution in [0.3, 0.4) is 0 Å². The Bertz CT molecular complexity index is 1510. The predicted octanol–water partition coefficient (Wildman–Crippen LogP) is 2.16. The van der Waals surface area contributed by atoms with Gasteiger partial charge in [0, 0.05) is 18.3 Å². The van der Waals surface area contributed by atoms with Gasteiger partial charge >= 0.3 is 12.0 Å². The van der Waals surface area contributed by atoms with Gasteiger partial charge in [-0.2, -0.15) is 0 Å². The minimum Gasteiger partial charge on any atom is -0.461 e. The summed E-state index contributed by atoms with van der Waals surface area (Å²) in [4.78, 5) is 56.6. The zero-order valence-corrected chi connectivity index (χ0v) is 21.3. The fourth-order valence-corrected chi connectivity index (χ4v) is 6.57. The molecule has 1 aromatic carbocycles. The van der Waals surface area contributed by atoms with Crippen molar-refractivity contribution in [1.82, 2.24) is 20.8 Å². The first-order valence-electron chi connectivity index (χ1n) is 12.0. The number of fused-ring (bicyclic) bond motifs is 5. The third-order valence-corrected chi connectivity index (χ3v) is 8.01. The molecule has 0 bridgehead atoms. The first-order chi connectivity index (χ1) is 18.1. The van der Waals surface area contributed by atoms with Gasteiger partial charge in [-0.05, 0) is 32.4 Å². The lowest BCUT2D eigenvalue weighted by Crippen LogP contribution is -2.75. The molecule has 2 N–H and O–H groups in total. The van der Waals surface area contributed by atoms with E-state index in [-0.39, 0.29) is 53.7 Å². The van der Waals surface area contributed by atoms with Crippen molar-refractivity contribution in [3.05, 3.63) is 28.5 Å². The summed E-state index contributed by atoms with van der Waals surface area (Å²) >= 11 is 1.11. The van der Waals surface area contributed by atoms with E-state index in [0.29, 0.717) is 10.6 Å². The Balaban J connectivity index is 1.53. The lowest BCUT2D eigenvalue weighted by Gasteiger charge is -2.55. The zero-order chi connectivity index (χ0) is 26.9. The van der Waals surface area contributed by atoms with Gasteiger partial charge in [0.05, 0.1) is 35.9 Å². The number of nitrogens with zero attached hydrogens (tertiary/aromatic N) is 3. The Labute approximate surface area is 218 Å². The largest absolute Gasteiger partial charge is 0.461 e. The number of urea groups is 1. The Kier molecular flexibility index (Phi) is 5.50. The molecule has 198 valence electrons. The second-order valence-corrected chi connectivity index (χ2v) is 10.4. The lowest BCUT2D eigenvalue weighted by atomic mass is 9.66. The molecule has 3 aromatic rings. The molecule has 38 heavy (non-hydrogen) atoms. The molecule has 1 spiro atoms. The molecule has 2 fully saturated rings. The molecule has 5 heterocycles. The standard InChI is InChI=1S/C24H22FN5O7S/c1-4-35-20(31)13-8-38-19(26-13)15-12-5-11-6-24(21(32)27-23(34)28-22(24)33)18-10(3)36-9(2)7-30(18)16(11)14(25)17(12)37-29-15/h5,8-10,18H,4,6-7H2,1-3H3,(H2,27,28,32,33,34)/t9-,10+,18-/m0/s1. The van der Waals surface area contributed by atoms with Crippen molar-refractivity contribution in [3.8, 4) is 10.7 Å². The SMILES string of the molecule is CCOC(=O)c1csc(-c2noc3c(F)c4c(cc23)CC2(C(=O)NC(=O)NC2=O)[C@@H]2[C@@H](C)O[C@@H](C)CN42)n1. The van der Waals surface area contributed by atoms with Gasteiger partial charge in [0.1, 0.15) is 5.01 Å². The fraction of sp³-hybridized carbons (Fsp3) is 0.417. The van der Waals surface area contributed by atoms with Gasteiger partial charge in [0.2, 0.25) is 17.4 Å². The van der Waals surface area contributed by atoms with Crippen LogP contribution in [-0.2, 0) is 25.5 Å². The highest BCUT2D eigenvalue weighted by atomic mass is 32.1. The Hall–Kier alpha value is -3.91. The Morgan fingerprint density at radius 1 is 1.29 bits per heavy atom. The Morgan fingerprint density at radius 3 is 2.74 bits per heavy atom. The van der Waals surface area contributed by atoms with E-state index in [0.717, 1.165) is 11.3 Å². The van der Waals surface area contributed by atoms with E-state index < -0.39 is 47.2 Å². The third kappa shape index (κ3) is 3.36. The highest BCUT2D eigenvalue weighted by Crippen LogP contribution is 2.49. The number of halogens is 1. The monoisotopic (exact) mass is 543 g/mol. The van der Waals surface area contributed by atoms with Crippen LogP contribution < -0.4 is 15.5 Å². The summed E-state index contributed by atoms with van der Waals surface area (Å²) in [6.07, 6.45) is -1.17. The molecule has 3 atom stereocenters. The van der Waals surface area contributed by atoms with Gasteiger partial charge < -0.3 is 18.9 Å². The molecule has 4 amide bonds. The van der Waals surface area contributed by atoms with Crippen LogP contribution in [0.15, 0.2) is 16.0 Å². The maximum atomic E-state index is 16.2. The summed E-state index contributed by atoms with van der Waals surface area (Å²) in [5.41, 5.74) is -1.05. The number of benzene rings is 1. The average molecular weight is 544 g/mol. The van der Waals surface area contributed by atoms with Crippen molar-refractivity contribution in [2.45, 2.75) is 45.4 Å². The number of ether oxygens (including phenoxy) is 2. The van der Waals surface area contributed by atoms with Crippen LogP contribution in [0.1, 0.15) is 36.8 Å². The first kappa shape index (κ1) is 24.4. The summed E-state index contributed by atoms with van der Waals surface area (Å²) in [6.45, 7) is 5.58. The van der Waals surface area contributed by atoms with Crippen LogP contribution >= 0.6 is 11.3 Å². The van der Waals surface area contributed by atoms with Gasteiger partial charge in [-0.25, -0.2) is 19.0 Å². The summed E-state index contributed by atoms with van der Waals surface area (Å²) in [5, 5.41) is 10.5. The van der Waals surface area contributed by atoms with E-state index in [4.69, 9.17) is 14.0 Å². The van der Waals surface area contributed by atoms with Gasteiger partial charge in [0.25, 0.3) is 0 Å². The van der Waals surface area contributed by atoms with E-state index in [9.17, 15) is 19.2 Å². The number of esters is 1. The number of morpholine rings is 1. The average Bonchev–Trinajstić information content (AvgIpc) is 3.49. The van der Waals surface area contributed by atoms with E-state index in [1.165, 1.54) is 5.38 Å². The molecule has 6 rings (SSSR count). The van der Waals surface area contributed by atoms with Crippen LogP contribution in [0.25, 0.3) is 21.7 Å². The molecule has 12 nitrogen and oxygen atoms in total. The van der Waals surface area contributed by atoms with Crippen LogP contribution in [0.4, 0.5) is 14.9 Å². The van der Waals surface area contributed by atoms with E-state index in [1.807, 2.05) is 6.92 Å². The molecular weight excluding hydrogens is 521 g/mol. The number of carbonyl (C=O) groups excluding carboxylic acids is 4. The number of thiazole rings is 1. The molecule has 2 aromatic heterocycles.